The average molecular weight is 306 g/mol. The standard InChI is InChI=1S/C17H26N2O3/c1-18(12-16(20)13-22-2)17(21)14-6-8-15(9-7-14)19-10-4-3-5-11-19/h6-9,16,20H,3-5,10-13H2,1-2H3. The van der Waals surface area contributed by atoms with Gasteiger partial charge in [-0.15, -0.1) is 0 Å². The number of carbonyl (C=O) groups excluding carboxylic acids is 1. The molecule has 1 unspecified atom stereocenters. The molecule has 1 N–H and O–H groups in total. The molecule has 1 aliphatic heterocycles. The zero-order valence-electron chi connectivity index (χ0n) is 13.5. The maximum absolute atomic E-state index is 12.3. The highest BCUT2D eigenvalue weighted by Crippen LogP contribution is 2.20. The fraction of sp³-hybridized carbons (Fsp3) is 0.588. The lowest BCUT2D eigenvalue weighted by Crippen LogP contribution is -2.36. The van der Waals surface area contributed by atoms with Gasteiger partial charge in [-0.3, -0.25) is 4.79 Å². The number of piperidine rings is 1. The third kappa shape index (κ3) is 4.45. The highest BCUT2D eigenvalue weighted by atomic mass is 16.5. The first-order valence-corrected chi connectivity index (χ1v) is 7.89. The monoisotopic (exact) mass is 306 g/mol. The summed E-state index contributed by atoms with van der Waals surface area (Å²) in [7, 11) is 3.23. The third-order valence-electron chi connectivity index (χ3n) is 4.03. The molecule has 5 nitrogen and oxygen atoms in total. The van der Waals surface area contributed by atoms with E-state index in [2.05, 4.69) is 4.90 Å². The van der Waals surface area contributed by atoms with Crippen molar-refractivity contribution in [1.82, 2.24) is 4.90 Å². The van der Waals surface area contributed by atoms with Crippen LogP contribution in [0.5, 0.6) is 0 Å². The van der Waals surface area contributed by atoms with Crippen LogP contribution in [0.4, 0.5) is 5.69 Å². The topological polar surface area (TPSA) is 53.0 Å². The molecule has 0 aromatic heterocycles. The highest BCUT2D eigenvalue weighted by Gasteiger charge is 2.16. The predicted molar refractivity (Wildman–Crippen MR) is 87.3 cm³/mol. The number of aliphatic hydroxyl groups excluding tert-OH is 1. The zero-order chi connectivity index (χ0) is 15.9. The quantitative estimate of drug-likeness (QED) is 0.870. The number of nitrogens with zero attached hydrogens (tertiary/aromatic N) is 2. The first-order chi connectivity index (χ1) is 10.6. The van der Waals surface area contributed by atoms with Gasteiger partial charge in [0.25, 0.3) is 5.91 Å². The van der Waals surface area contributed by atoms with Gasteiger partial charge >= 0.3 is 0 Å². The molecule has 1 amide bonds. The smallest absolute Gasteiger partial charge is 0.253 e. The van der Waals surface area contributed by atoms with Crippen molar-refractivity contribution in [2.75, 3.05) is 45.3 Å². The molecule has 1 heterocycles. The van der Waals surface area contributed by atoms with Crippen LogP contribution < -0.4 is 4.90 Å². The van der Waals surface area contributed by atoms with Gasteiger partial charge in [-0.25, -0.2) is 0 Å². The lowest BCUT2D eigenvalue weighted by Gasteiger charge is -2.29. The van der Waals surface area contributed by atoms with Crippen molar-refractivity contribution in [1.29, 1.82) is 0 Å². The molecule has 5 heteroatoms. The number of anilines is 1. The number of hydrogen-bond acceptors (Lipinski definition) is 4. The van der Waals surface area contributed by atoms with E-state index < -0.39 is 6.10 Å². The number of methoxy groups -OCH3 is 1. The Bertz CT molecular complexity index is 469. The van der Waals surface area contributed by atoms with E-state index in [1.165, 1.54) is 37.0 Å². The largest absolute Gasteiger partial charge is 0.389 e. The van der Waals surface area contributed by atoms with Crippen molar-refractivity contribution in [2.24, 2.45) is 0 Å². The molecule has 1 aromatic carbocycles. The van der Waals surface area contributed by atoms with Gasteiger partial charge in [-0.2, -0.15) is 0 Å². The molecule has 122 valence electrons. The minimum Gasteiger partial charge on any atom is -0.389 e. The second-order valence-electron chi connectivity index (χ2n) is 5.89. The fourth-order valence-electron chi connectivity index (χ4n) is 2.83. The SMILES string of the molecule is COCC(O)CN(C)C(=O)c1ccc(N2CCCCC2)cc1. The number of rotatable bonds is 6. The molecule has 2 rings (SSSR count). The summed E-state index contributed by atoms with van der Waals surface area (Å²) in [6.07, 6.45) is 3.12. The van der Waals surface area contributed by atoms with Crippen molar-refractivity contribution in [3.05, 3.63) is 29.8 Å². The van der Waals surface area contributed by atoms with E-state index in [9.17, 15) is 9.90 Å². The lowest BCUT2D eigenvalue weighted by atomic mass is 10.1. The Labute approximate surface area is 132 Å². The second-order valence-corrected chi connectivity index (χ2v) is 5.89. The van der Waals surface area contributed by atoms with Crippen molar-refractivity contribution < 1.29 is 14.6 Å². The molecule has 0 saturated carbocycles. The van der Waals surface area contributed by atoms with Gasteiger partial charge in [0.15, 0.2) is 0 Å². The maximum atomic E-state index is 12.3. The Balaban J connectivity index is 1.95. The van der Waals surface area contributed by atoms with Crippen molar-refractivity contribution in [3.63, 3.8) is 0 Å². The summed E-state index contributed by atoms with van der Waals surface area (Å²) in [4.78, 5) is 16.2. The lowest BCUT2D eigenvalue weighted by molar-refractivity contribution is 0.0380. The molecular weight excluding hydrogens is 280 g/mol. The Morgan fingerprint density at radius 3 is 2.50 bits per heavy atom. The highest BCUT2D eigenvalue weighted by molar-refractivity contribution is 5.94. The molecular formula is C17H26N2O3. The van der Waals surface area contributed by atoms with Crippen LogP contribution in [0, 0.1) is 0 Å². The molecule has 1 saturated heterocycles. The number of ether oxygens (including phenoxy) is 1. The third-order valence-corrected chi connectivity index (χ3v) is 4.03. The Morgan fingerprint density at radius 1 is 1.27 bits per heavy atom. The Morgan fingerprint density at radius 2 is 1.91 bits per heavy atom. The maximum Gasteiger partial charge on any atom is 0.253 e. The number of aliphatic hydroxyl groups is 1. The van der Waals surface area contributed by atoms with E-state index in [0.29, 0.717) is 5.56 Å². The predicted octanol–water partition coefficient (Wildman–Crippen LogP) is 1.76. The summed E-state index contributed by atoms with van der Waals surface area (Å²) in [6.45, 7) is 2.68. The number of likely N-dealkylation sites (N-methyl/N-ethyl adjacent to an activating group) is 1. The average Bonchev–Trinajstić information content (AvgIpc) is 2.55. The van der Waals surface area contributed by atoms with Crippen LogP contribution in [0.25, 0.3) is 0 Å². The fourth-order valence-corrected chi connectivity index (χ4v) is 2.83. The van der Waals surface area contributed by atoms with Crippen LogP contribution in [0.2, 0.25) is 0 Å². The van der Waals surface area contributed by atoms with Crippen LogP contribution >= 0.6 is 0 Å². The molecule has 0 spiro atoms. The van der Waals surface area contributed by atoms with Gasteiger partial charge < -0.3 is 19.6 Å². The zero-order valence-corrected chi connectivity index (χ0v) is 13.5. The van der Waals surface area contributed by atoms with Gasteiger partial charge in [0.1, 0.15) is 0 Å². The van der Waals surface area contributed by atoms with Crippen molar-refractivity contribution in [3.8, 4) is 0 Å². The molecule has 22 heavy (non-hydrogen) atoms. The van der Waals surface area contributed by atoms with E-state index in [1.54, 1.807) is 7.05 Å². The second kappa shape index (κ2) is 8.15. The van der Waals surface area contributed by atoms with Gasteiger partial charge in [0, 0.05) is 45.0 Å². The summed E-state index contributed by atoms with van der Waals surface area (Å²) in [6, 6.07) is 7.76. The van der Waals surface area contributed by atoms with Crippen LogP contribution in [0.15, 0.2) is 24.3 Å². The van der Waals surface area contributed by atoms with E-state index in [0.717, 1.165) is 13.1 Å². The van der Waals surface area contributed by atoms with E-state index in [1.807, 2.05) is 24.3 Å². The van der Waals surface area contributed by atoms with Gasteiger partial charge in [-0.05, 0) is 43.5 Å². The molecule has 1 aliphatic rings. The number of amides is 1. The van der Waals surface area contributed by atoms with Crippen LogP contribution in [0.3, 0.4) is 0 Å². The Kier molecular flexibility index (Phi) is 6.21. The first kappa shape index (κ1) is 16.8. The van der Waals surface area contributed by atoms with Crippen LogP contribution in [-0.4, -0.2) is 62.4 Å². The molecule has 0 bridgehead atoms. The van der Waals surface area contributed by atoms with Crippen molar-refractivity contribution >= 4 is 11.6 Å². The molecule has 1 aromatic rings. The number of benzene rings is 1. The molecule has 1 fully saturated rings. The number of carbonyl (C=O) groups is 1. The molecule has 0 radical (unpaired) electrons. The minimum atomic E-state index is -0.661. The van der Waals surface area contributed by atoms with Crippen LogP contribution in [-0.2, 0) is 4.74 Å². The normalized spacial score (nSPS) is 16.4. The summed E-state index contributed by atoms with van der Waals surface area (Å²) < 4.78 is 4.88. The van der Waals surface area contributed by atoms with Gasteiger partial charge in [0.2, 0.25) is 0 Å². The van der Waals surface area contributed by atoms with E-state index >= 15 is 0 Å². The number of hydrogen-bond donors (Lipinski definition) is 1. The summed E-state index contributed by atoms with van der Waals surface area (Å²) >= 11 is 0. The van der Waals surface area contributed by atoms with E-state index in [-0.39, 0.29) is 19.1 Å². The molecule has 1 atom stereocenters. The minimum absolute atomic E-state index is 0.0830. The summed E-state index contributed by atoms with van der Waals surface area (Å²) in [5, 5.41) is 9.70. The van der Waals surface area contributed by atoms with E-state index in [4.69, 9.17) is 4.74 Å². The first-order valence-electron chi connectivity index (χ1n) is 7.89. The summed E-state index contributed by atoms with van der Waals surface area (Å²) in [5.74, 6) is -0.0830. The van der Waals surface area contributed by atoms with Crippen molar-refractivity contribution in [2.45, 2.75) is 25.4 Å². The van der Waals surface area contributed by atoms with Crippen LogP contribution in [0.1, 0.15) is 29.6 Å². The molecule has 0 aliphatic carbocycles. The summed E-state index contributed by atoms with van der Waals surface area (Å²) in [5.41, 5.74) is 1.83. The van der Waals surface area contributed by atoms with Gasteiger partial charge in [0.05, 0.1) is 12.7 Å². The van der Waals surface area contributed by atoms with Gasteiger partial charge in [-0.1, -0.05) is 0 Å². The Hall–Kier alpha value is -1.59.